The van der Waals surface area contributed by atoms with Gasteiger partial charge in [-0.05, 0) is 11.5 Å². The molecule has 4 heteroatoms. The van der Waals surface area contributed by atoms with Gasteiger partial charge in [-0.25, -0.2) is 0 Å². The summed E-state index contributed by atoms with van der Waals surface area (Å²) in [6.45, 7) is -2.87. The van der Waals surface area contributed by atoms with Gasteiger partial charge >= 0.3 is 6.61 Å². The number of aldehydes is 1. The second kappa shape index (κ2) is 4.26. The van der Waals surface area contributed by atoms with Crippen LogP contribution in [0, 0.1) is 0 Å². The van der Waals surface area contributed by atoms with Crippen LogP contribution in [0.2, 0.25) is 0 Å². The number of benzene rings is 2. The molecular formula is C12H8F2O2. The van der Waals surface area contributed by atoms with Gasteiger partial charge in [0.05, 0.1) is 0 Å². The van der Waals surface area contributed by atoms with Crippen LogP contribution in [-0.4, -0.2) is 12.9 Å². The van der Waals surface area contributed by atoms with Crippen LogP contribution in [0.4, 0.5) is 8.78 Å². The van der Waals surface area contributed by atoms with Crippen molar-refractivity contribution < 1.29 is 18.3 Å². The topological polar surface area (TPSA) is 26.3 Å². The van der Waals surface area contributed by atoms with Crippen molar-refractivity contribution in [1.82, 2.24) is 0 Å². The van der Waals surface area contributed by atoms with E-state index in [0.717, 1.165) is 0 Å². The second-order valence-corrected chi connectivity index (χ2v) is 3.19. The Morgan fingerprint density at radius 2 is 1.75 bits per heavy atom. The number of halogens is 2. The SMILES string of the molecule is O=Cc1cccc2c(OC(F)F)cccc12. The normalized spacial score (nSPS) is 10.7. The number of ether oxygens (including phenoxy) is 1. The van der Waals surface area contributed by atoms with Crippen LogP contribution in [0.15, 0.2) is 36.4 Å². The molecule has 0 N–H and O–H groups in total. The van der Waals surface area contributed by atoms with Gasteiger partial charge in [0.15, 0.2) is 6.29 Å². The van der Waals surface area contributed by atoms with Crippen LogP contribution in [0.25, 0.3) is 10.8 Å². The van der Waals surface area contributed by atoms with E-state index in [1.807, 2.05) is 0 Å². The smallest absolute Gasteiger partial charge is 0.387 e. The maximum absolute atomic E-state index is 12.1. The predicted molar refractivity (Wildman–Crippen MR) is 56.0 cm³/mol. The third-order valence-electron chi connectivity index (χ3n) is 2.26. The molecule has 0 amide bonds. The zero-order chi connectivity index (χ0) is 11.5. The third kappa shape index (κ3) is 1.86. The number of carbonyl (C=O) groups excluding carboxylic acids is 1. The summed E-state index contributed by atoms with van der Waals surface area (Å²) in [4.78, 5) is 10.8. The van der Waals surface area contributed by atoms with Crippen LogP contribution >= 0.6 is 0 Å². The Hall–Kier alpha value is -1.97. The molecule has 2 nitrogen and oxygen atoms in total. The van der Waals surface area contributed by atoms with Gasteiger partial charge in [0.1, 0.15) is 5.75 Å². The molecule has 2 aromatic rings. The highest BCUT2D eigenvalue weighted by atomic mass is 19.3. The maximum atomic E-state index is 12.1. The molecule has 16 heavy (non-hydrogen) atoms. The summed E-state index contributed by atoms with van der Waals surface area (Å²) in [5, 5.41) is 1.11. The average Bonchev–Trinajstić information content (AvgIpc) is 2.28. The molecule has 0 saturated heterocycles. The molecule has 0 radical (unpaired) electrons. The van der Waals surface area contributed by atoms with Crippen LogP contribution in [0.1, 0.15) is 10.4 Å². The number of hydrogen-bond donors (Lipinski definition) is 0. The maximum Gasteiger partial charge on any atom is 0.387 e. The molecule has 0 saturated carbocycles. The van der Waals surface area contributed by atoms with E-state index < -0.39 is 6.61 Å². The highest BCUT2D eigenvalue weighted by Gasteiger charge is 2.09. The molecule has 0 atom stereocenters. The molecule has 0 heterocycles. The molecule has 2 aromatic carbocycles. The van der Waals surface area contributed by atoms with Crippen molar-refractivity contribution in [2.45, 2.75) is 6.61 Å². The van der Waals surface area contributed by atoms with Crippen molar-refractivity contribution >= 4 is 17.1 Å². The molecule has 0 fully saturated rings. The lowest BCUT2D eigenvalue weighted by Crippen LogP contribution is -2.02. The van der Waals surface area contributed by atoms with E-state index >= 15 is 0 Å². The summed E-state index contributed by atoms with van der Waals surface area (Å²) in [6.07, 6.45) is 0.689. The Morgan fingerprint density at radius 1 is 1.06 bits per heavy atom. The molecule has 0 aliphatic rings. The Kier molecular flexibility index (Phi) is 2.81. The first-order valence-corrected chi connectivity index (χ1v) is 4.64. The largest absolute Gasteiger partial charge is 0.434 e. The fourth-order valence-electron chi connectivity index (χ4n) is 1.61. The molecular weight excluding hydrogens is 214 g/mol. The van der Waals surface area contributed by atoms with Gasteiger partial charge in [-0.15, -0.1) is 0 Å². The number of hydrogen-bond acceptors (Lipinski definition) is 2. The molecule has 0 aliphatic carbocycles. The number of rotatable bonds is 3. The Labute approximate surface area is 90.4 Å². The summed E-state index contributed by atoms with van der Waals surface area (Å²) >= 11 is 0. The minimum absolute atomic E-state index is 0.0798. The lowest BCUT2D eigenvalue weighted by Gasteiger charge is -2.08. The molecule has 0 spiro atoms. The van der Waals surface area contributed by atoms with Gasteiger partial charge < -0.3 is 4.74 Å². The molecule has 2 rings (SSSR count). The van der Waals surface area contributed by atoms with Crippen molar-refractivity contribution in [3.05, 3.63) is 42.0 Å². The van der Waals surface area contributed by atoms with Crippen molar-refractivity contribution in [1.29, 1.82) is 0 Å². The van der Waals surface area contributed by atoms with E-state index in [1.165, 1.54) is 6.07 Å². The van der Waals surface area contributed by atoms with E-state index in [0.29, 0.717) is 22.6 Å². The summed E-state index contributed by atoms with van der Waals surface area (Å²) in [5.41, 5.74) is 0.456. The van der Waals surface area contributed by atoms with Gasteiger partial charge in [-0.3, -0.25) is 4.79 Å². The zero-order valence-corrected chi connectivity index (χ0v) is 8.19. The summed E-state index contributed by atoms with van der Waals surface area (Å²) in [6, 6.07) is 9.61. The number of fused-ring (bicyclic) bond motifs is 1. The summed E-state index contributed by atoms with van der Waals surface area (Å²) in [7, 11) is 0. The van der Waals surface area contributed by atoms with Crippen molar-refractivity contribution in [2.24, 2.45) is 0 Å². The van der Waals surface area contributed by atoms with E-state index in [4.69, 9.17) is 0 Å². The van der Waals surface area contributed by atoms with Gasteiger partial charge in [0.25, 0.3) is 0 Å². The van der Waals surface area contributed by atoms with Gasteiger partial charge in [-0.2, -0.15) is 8.78 Å². The van der Waals surface area contributed by atoms with Crippen molar-refractivity contribution in [3.8, 4) is 5.75 Å². The first-order chi connectivity index (χ1) is 7.72. The van der Waals surface area contributed by atoms with Gasteiger partial charge in [-0.1, -0.05) is 30.3 Å². The first kappa shape index (κ1) is 10.5. The molecule has 82 valence electrons. The van der Waals surface area contributed by atoms with Crippen LogP contribution in [0.5, 0.6) is 5.75 Å². The third-order valence-corrected chi connectivity index (χ3v) is 2.26. The Morgan fingerprint density at radius 3 is 2.44 bits per heavy atom. The van der Waals surface area contributed by atoms with Crippen molar-refractivity contribution in [3.63, 3.8) is 0 Å². The number of alkyl halides is 2. The van der Waals surface area contributed by atoms with E-state index in [1.54, 1.807) is 30.3 Å². The minimum atomic E-state index is -2.87. The summed E-state index contributed by atoms with van der Waals surface area (Å²) < 4.78 is 28.7. The fraction of sp³-hybridized carbons (Fsp3) is 0.0833. The Bertz CT molecular complexity index is 523. The molecule has 0 unspecified atom stereocenters. The zero-order valence-electron chi connectivity index (χ0n) is 8.19. The lowest BCUT2D eigenvalue weighted by atomic mass is 10.0. The second-order valence-electron chi connectivity index (χ2n) is 3.19. The lowest BCUT2D eigenvalue weighted by molar-refractivity contribution is -0.0487. The summed E-state index contributed by atoms with van der Waals surface area (Å²) in [5.74, 6) is 0.0798. The van der Waals surface area contributed by atoms with Crippen LogP contribution in [0.3, 0.4) is 0 Å². The quantitative estimate of drug-likeness (QED) is 0.745. The minimum Gasteiger partial charge on any atom is -0.434 e. The monoisotopic (exact) mass is 222 g/mol. The van der Waals surface area contributed by atoms with Gasteiger partial charge in [0, 0.05) is 10.9 Å². The first-order valence-electron chi connectivity index (χ1n) is 4.64. The van der Waals surface area contributed by atoms with E-state index in [2.05, 4.69) is 4.74 Å². The standard InChI is InChI=1S/C12H8F2O2/c13-12(14)16-11-6-2-4-9-8(7-15)3-1-5-10(9)11/h1-7,12H. The fourth-order valence-corrected chi connectivity index (χ4v) is 1.61. The van der Waals surface area contributed by atoms with Crippen LogP contribution < -0.4 is 4.74 Å². The van der Waals surface area contributed by atoms with Crippen molar-refractivity contribution in [2.75, 3.05) is 0 Å². The van der Waals surface area contributed by atoms with Gasteiger partial charge in [0.2, 0.25) is 0 Å². The average molecular weight is 222 g/mol. The molecule has 0 aliphatic heterocycles. The van der Waals surface area contributed by atoms with Crippen LogP contribution in [-0.2, 0) is 0 Å². The Balaban J connectivity index is 2.64. The van der Waals surface area contributed by atoms with E-state index in [9.17, 15) is 13.6 Å². The number of carbonyl (C=O) groups is 1. The predicted octanol–water partition coefficient (Wildman–Crippen LogP) is 3.25. The molecule has 0 bridgehead atoms. The van der Waals surface area contributed by atoms with E-state index in [-0.39, 0.29) is 5.75 Å². The highest BCUT2D eigenvalue weighted by molar-refractivity contribution is 6.00. The highest BCUT2D eigenvalue weighted by Crippen LogP contribution is 2.28. The molecule has 0 aromatic heterocycles.